The Balaban J connectivity index is 1.69. The molecule has 3 aromatic rings. The van der Waals surface area contributed by atoms with E-state index in [2.05, 4.69) is 20.8 Å². The number of halogens is 1. The third-order valence-corrected chi connectivity index (χ3v) is 3.78. The van der Waals surface area contributed by atoms with E-state index >= 15 is 0 Å². The molecule has 1 amide bonds. The molecule has 6 nitrogen and oxygen atoms in total. The number of hydrazone groups is 1. The van der Waals surface area contributed by atoms with Crippen molar-refractivity contribution in [1.82, 2.24) is 5.43 Å². The van der Waals surface area contributed by atoms with Gasteiger partial charge in [-0.25, -0.2) is 5.43 Å². The summed E-state index contributed by atoms with van der Waals surface area (Å²) in [5.41, 5.74) is 4.48. The van der Waals surface area contributed by atoms with Gasteiger partial charge in [0.2, 0.25) is 0 Å². The van der Waals surface area contributed by atoms with Gasteiger partial charge in [-0.05, 0) is 54.6 Å². The maximum Gasteiger partial charge on any atom is 0.271 e. The highest BCUT2D eigenvalue weighted by molar-refractivity contribution is 6.30. The molecule has 0 bridgehead atoms. The average Bonchev–Trinajstić information content (AvgIpc) is 2.69. The number of carbonyl (C=O) groups is 1. The fourth-order valence-corrected chi connectivity index (χ4v) is 2.27. The van der Waals surface area contributed by atoms with Crippen LogP contribution in [0.4, 0.5) is 11.4 Å². The van der Waals surface area contributed by atoms with Crippen molar-refractivity contribution in [2.24, 2.45) is 15.3 Å². The number of nitrogens with zero attached hydrogens (tertiary/aromatic N) is 3. The van der Waals surface area contributed by atoms with E-state index in [0.29, 0.717) is 21.8 Å². The lowest BCUT2D eigenvalue weighted by Gasteiger charge is -2.02. The van der Waals surface area contributed by atoms with E-state index in [-0.39, 0.29) is 11.7 Å². The molecule has 134 valence electrons. The standard InChI is InChI=1S/C20H15ClN4O2/c21-16-8-6-14(7-9-16)20(27)25-22-13-15-12-18(10-11-19(15)26)24-23-17-4-2-1-3-5-17/h1-13,26H,(H,25,27)/b22-13-,24-23?. The first-order chi connectivity index (χ1) is 13.1. The van der Waals surface area contributed by atoms with Crippen molar-refractivity contribution in [2.75, 3.05) is 0 Å². The highest BCUT2D eigenvalue weighted by Gasteiger charge is 2.04. The van der Waals surface area contributed by atoms with Gasteiger partial charge in [0, 0.05) is 16.1 Å². The Bertz CT molecular complexity index is 987. The summed E-state index contributed by atoms with van der Waals surface area (Å²) in [4.78, 5) is 12.0. The van der Waals surface area contributed by atoms with Gasteiger partial charge in [-0.1, -0.05) is 29.8 Å². The number of amides is 1. The lowest BCUT2D eigenvalue weighted by atomic mass is 10.2. The molecule has 0 atom stereocenters. The van der Waals surface area contributed by atoms with Crippen LogP contribution in [0.3, 0.4) is 0 Å². The van der Waals surface area contributed by atoms with Gasteiger partial charge < -0.3 is 5.11 Å². The predicted molar refractivity (Wildman–Crippen MR) is 105 cm³/mol. The van der Waals surface area contributed by atoms with Gasteiger partial charge in [0.1, 0.15) is 5.75 Å². The summed E-state index contributed by atoms with van der Waals surface area (Å²) in [6, 6.07) is 20.4. The zero-order valence-electron chi connectivity index (χ0n) is 14.1. The van der Waals surface area contributed by atoms with Crippen molar-refractivity contribution in [3.63, 3.8) is 0 Å². The lowest BCUT2D eigenvalue weighted by molar-refractivity contribution is 0.0955. The quantitative estimate of drug-likeness (QED) is 0.362. The number of rotatable bonds is 5. The van der Waals surface area contributed by atoms with Gasteiger partial charge >= 0.3 is 0 Å². The van der Waals surface area contributed by atoms with Crippen LogP contribution in [0.2, 0.25) is 5.02 Å². The van der Waals surface area contributed by atoms with E-state index in [9.17, 15) is 9.90 Å². The highest BCUT2D eigenvalue weighted by atomic mass is 35.5. The molecule has 0 aliphatic heterocycles. The Morgan fingerprint density at radius 2 is 1.63 bits per heavy atom. The average molecular weight is 379 g/mol. The van der Waals surface area contributed by atoms with Gasteiger partial charge in [0.25, 0.3) is 5.91 Å². The van der Waals surface area contributed by atoms with Crippen LogP contribution >= 0.6 is 11.6 Å². The molecule has 27 heavy (non-hydrogen) atoms. The van der Waals surface area contributed by atoms with E-state index in [4.69, 9.17) is 11.6 Å². The van der Waals surface area contributed by atoms with Crippen LogP contribution in [0.5, 0.6) is 5.75 Å². The topological polar surface area (TPSA) is 86.4 Å². The SMILES string of the molecule is O=C(N/N=C\c1cc(N=Nc2ccccc2)ccc1O)c1ccc(Cl)cc1. The number of hydrogen-bond acceptors (Lipinski definition) is 5. The monoisotopic (exact) mass is 378 g/mol. The fourth-order valence-electron chi connectivity index (χ4n) is 2.14. The minimum absolute atomic E-state index is 0.0122. The van der Waals surface area contributed by atoms with Crippen molar-refractivity contribution in [3.8, 4) is 5.75 Å². The molecule has 0 aromatic heterocycles. The van der Waals surface area contributed by atoms with Gasteiger partial charge in [-0.3, -0.25) is 4.79 Å². The first-order valence-corrected chi connectivity index (χ1v) is 8.38. The van der Waals surface area contributed by atoms with Crippen LogP contribution in [0.1, 0.15) is 15.9 Å². The number of phenols is 1. The number of hydrogen-bond donors (Lipinski definition) is 2. The Kier molecular flexibility index (Phi) is 5.91. The predicted octanol–water partition coefficient (Wildman–Crippen LogP) is 5.22. The summed E-state index contributed by atoms with van der Waals surface area (Å²) < 4.78 is 0. The zero-order valence-corrected chi connectivity index (χ0v) is 14.8. The molecule has 0 radical (unpaired) electrons. The van der Waals surface area contributed by atoms with E-state index in [1.165, 1.54) is 12.3 Å². The van der Waals surface area contributed by atoms with Gasteiger partial charge in [-0.15, -0.1) is 0 Å². The van der Waals surface area contributed by atoms with Crippen molar-refractivity contribution >= 4 is 35.1 Å². The highest BCUT2D eigenvalue weighted by Crippen LogP contribution is 2.24. The third-order valence-electron chi connectivity index (χ3n) is 3.52. The lowest BCUT2D eigenvalue weighted by Crippen LogP contribution is -2.17. The molecule has 0 aliphatic carbocycles. The van der Waals surface area contributed by atoms with E-state index < -0.39 is 0 Å². The Hall–Kier alpha value is -3.51. The first-order valence-electron chi connectivity index (χ1n) is 8.00. The second-order valence-electron chi connectivity index (χ2n) is 5.48. The minimum Gasteiger partial charge on any atom is -0.507 e. The van der Waals surface area contributed by atoms with E-state index in [1.54, 1.807) is 36.4 Å². The van der Waals surface area contributed by atoms with E-state index in [0.717, 1.165) is 5.69 Å². The summed E-state index contributed by atoms with van der Waals surface area (Å²) in [5.74, 6) is -0.375. The van der Waals surface area contributed by atoms with Crippen molar-refractivity contribution in [3.05, 3.63) is 88.9 Å². The number of carbonyl (C=O) groups excluding carboxylic acids is 1. The van der Waals surface area contributed by atoms with Crippen molar-refractivity contribution in [1.29, 1.82) is 0 Å². The second-order valence-corrected chi connectivity index (χ2v) is 5.92. The number of phenolic OH excluding ortho intramolecular Hbond substituents is 1. The van der Waals surface area contributed by atoms with Crippen LogP contribution in [-0.4, -0.2) is 17.2 Å². The number of benzene rings is 3. The molecule has 0 saturated carbocycles. The summed E-state index contributed by atoms with van der Waals surface area (Å²) in [6.07, 6.45) is 1.34. The first kappa shape index (κ1) is 18.3. The van der Waals surface area contributed by atoms with Crippen molar-refractivity contribution < 1.29 is 9.90 Å². The molecule has 0 spiro atoms. The largest absolute Gasteiger partial charge is 0.507 e. The summed E-state index contributed by atoms with van der Waals surface area (Å²) >= 11 is 5.79. The van der Waals surface area contributed by atoms with Crippen LogP contribution < -0.4 is 5.43 Å². The Morgan fingerprint density at radius 3 is 2.37 bits per heavy atom. The van der Waals surface area contributed by atoms with Crippen LogP contribution in [0, 0.1) is 0 Å². The Morgan fingerprint density at radius 1 is 0.926 bits per heavy atom. The van der Waals surface area contributed by atoms with Crippen LogP contribution in [0.15, 0.2) is 88.1 Å². The minimum atomic E-state index is -0.387. The summed E-state index contributed by atoms with van der Waals surface area (Å²) in [7, 11) is 0. The molecular formula is C20H15ClN4O2. The molecule has 3 aromatic carbocycles. The molecule has 3 rings (SSSR count). The van der Waals surface area contributed by atoms with Gasteiger partial charge in [0.05, 0.1) is 17.6 Å². The van der Waals surface area contributed by atoms with Crippen LogP contribution in [0.25, 0.3) is 0 Å². The molecular weight excluding hydrogens is 364 g/mol. The molecule has 0 fully saturated rings. The summed E-state index contributed by atoms with van der Waals surface area (Å²) in [5, 5.41) is 22.6. The Labute approximate surface area is 160 Å². The summed E-state index contributed by atoms with van der Waals surface area (Å²) in [6.45, 7) is 0. The molecule has 0 heterocycles. The normalized spacial score (nSPS) is 11.1. The van der Waals surface area contributed by atoms with Gasteiger partial charge in [0.15, 0.2) is 0 Å². The number of nitrogens with one attached hydrogen (secondary N) is 1. The number of aromatic hydroxyl groups is 1. The molecule has 0 saturated heterocycles. The van der Waals surface area contributed by atoms with Crippen LogP contribution in [-0.2, 0) is 0 Å². The molecule has 0 unspecified atom stereocenters. The number of azo groups is 1. The third kappa shape index (κ3) is 5.23. The smallest absolute Gasteiger partial charge is 0.271 e. The molecule has 7 heteroatoms. The molecule has 2 N–H and O–H groups in total. The van der Waals surface area contributed by atoms with Gasteiger partial charge in [-0.2, -0.15) is 15.3 Å². The maximum atomic E-state index is 12.0. The fraction of sp³-hybridized carbons (Fsp3) is 0. The van der Waals surface area contributed by atoms with Crippen molar-refractivity contribution in [2.45, 2.75) is 0 Å². The molecule has 0 aliphatic rings. The van der Waals surface area contributed by atoms with E-state index in [1.807, 2.05) is 30.3 Å². The zero-order chi connectivity index (χ0) is 19.1. The maximum absolute atomic E-state index is 12.0. The second kappa shape index (κ2) is 8.73.